The third-order valence-electron chi connectivity index (χ3n) is 4.95. The van der Waals surface area contributed by atoms with Gasteiger partial charge in [0.25, 0.3) is 0 Å². The molecule has 0 amide bonds. The van der Waals surface area contributed by atoms with Crippen LogP contribution in [0.25, 0.3) is 0 Å². The van der Waals surface area contributed by atoms with E-state index in [0.717, 1.165) is 36.6 Å². The number of nitrogen functional groups attached to an aromatic ring is 1. The molecule has 0 bridgehead atoms. The van der Waals surface area contributed by atoms with Gasteiger partial charge in [-0.1, -0.05) is 24.6 Å². The number of benzene rings is 2. The van der Waals surface area contributed by atoms with Gasteiger partial charge < -0.3 is 15.4 Å². The molecule has 0 saturated carbocycles. The largest absolute Gasteiger partial charge is 0.454 e. The molecule has 0 radical (unpaired) electrons. The molecule has 2 heterocycles. The van der Waals surface area contributed by atoms with Crippen LogP contribution in [0.1, 0.15) is 30.9 Å². The molecule has 0 aromatic heterocycles. The van der Waals surface area contributed by atoms with Crippen LogP contribution < -0.4 is 10.5 Å². The SMILES string of the molecule is CCCS(=O)(=O)Cc1ccc(N)c(Oc2ccc3c(c2)C2=NCCCN2C=N3)c1Cl. The molecular formula is C21H23ClN4O3S. The minimum absolute atomic E-state index is 0.105. The molecule has 2 N–H and O–H groups in total. The van der Waals surface area contributed by atoms with Crippen molar-refractivity contribution in [1.82, 2.24) is 4.90 Å². The third kappa shape index (κ3) is 4.15. The Hall–Kier alpha value is -2.58. The van der Waals surface area contributed by atoms with Gasteiger partial charge in [0.15, 0.2) is 15.6 Å². The van der Waals surface area contributed by atoms with Crippen molar-refractivity contribution < 1.29 is 13.2 Å². The molecule has 4 rings (SSSR count). The highest BCUT2D eigenvalue weighted by Gasteiger charge is 2.23. The second kappa shape index (κ2) is 8.28. The fraction of sp³-hybridized carbons (Fsp3) is 0.333. The number of fused-ring (bicyclic) bond motifs is 3. The maximum Gasteiger partial charge on any atom is 0.169 e. The van der Waals surface area contributed by atoms with Crippen molar-refractivity contribution in [2.75, 3.05) is 24.6 Å². The standard InChI is InChI=1S/C21H23ClN4O3S/c1-2-10-30(27,28)12-14-4-6-17(23)20(19(14)22)29-15-5-7-18-16(11-15)21-24-8-3-9-26(21)13-25-18/h4-7,11,13H,2-3,8-10,12,23H2,1H3. The molecule has 0 fully saturated rings. The first kappa shape index (κ1) is 20.7. The number of nitrogens with two attached hydrogens (primary N) is 1. The van der Waals surface area contributed by atoms with Crippen LogP contribution >= 0.6 is 11.6 Å². The highest BCUT2D eigenvalue weighted by Crippen LogP contribution is 2.39. The summed E-state index contributed by atoms with van der Waals surface area (Å²) in [5.41, 5.74) is 8.60. The Morgan fingerprint density at radius 3 is 2.90 bits per heavy atom. The number of hydrogen-bond acceptors (Lipinski definition) is 7. The Balaban J connectivity index is 1.66. The van der Waals surface area contributed by atoms with Crippen LogP contribution in [0, 0.1) is 0 Å². The Morgan fingerprint density at radius 1 is 1.27 bits per heavy atom. The molecule has 9 heteroatoms. The van der Waals surface area contributed by atoms with Gasteiger partial charge in [-0.3, -0.25) is 4.99 Å². The zero-order chi connectivity index (χ0) is 21.3. The number of sulfone groups is 1. The summed E-state index contributed by atoms with van der Waals surface area (Å²) in [4.78, 5) is 11.1. The summed E-state index contributed by atoms with van der Waals surface area (Å²) in [5, 5.41) is 0.210. The van der Waals surface area contributed by atoms with E-state index in [1.54, 1.807) is 24.5 Å². The van der Waals surface area contributed by atoms with Crippen molar-refractivity contribution >= 4 is 45.0 Å². The van der Waals surface area contributed by atoms with E-state index in [-0.39, 0.29) is 22.3 Å². The lowest BCUT2D eigenvalue weighted by molar-refractivity contribution is 0.484. The summed E-state index contributed by atoms with van der Waals surface area (Å²) in [5.74, 6) is 1.61. The zero-order valence-corrected chi connectivity index (χ0v) is 18.2. The minimum atomic E-state index is -3.25. The second-order valence-corrected chi connectivity index (χ2v) is 9.89. The molecule has 0 atom stereocenters. The van der Waals surface area contributed by atoms with Crippen molar-refractivity contribution in [1.29, 1.82) is 0 Å². The van der Waals surface area contributed by atoms with Gasteiger partial charge in [-0.2, -0.15) is 0 Å². The van der Waals surface area contributed by atoms with Crippen molar-refractivity contribution in [3.05, 3.63) is 46.5 Å². The molecule has 0 unspecified atom stereocenters. The first-order chi connectivity index (χ1) is 14.4. The predicted molar refractivity (Wildman–Crippen MR) is 121 cm³/mol. The maximum atomic E-state index is 12.2. The summed E-state index contributed by atoms with van der Waals surface area (Å²) in [6, 6.07) is 8.75. The summed E-state index contributed by atoms with van der Waals surface area (Å²) in [6.45, 7) is 3.48. The molecular weight excluding hydrogens is 424 g/mol. The number of halogens is 1. The van der Waals surface area contributed by atoms with Crippen LogP contribution in [0.4, 0.5) is 11.4 Å². The van der Waals surface area contributed by atoms with Gasteiger partial charge in [0.05, 0.1) is 34.2 Å². The van der Waals surface area contributed by atoms with Gasteiger partial charge in [-0.15, -0.1) is 0 Å². The number of nitrogens with zero attached hydrogens (tertiary/aromatic N) is 3. The van der Waals surface area contributed by atoms with Gasteiger partial charge in [0.1, 0.15) is 11.6 Å². The van der Waals surface area contributed by atoms with Crippen LogP contribution in [-0.4, -0.2) is 44.3 Å². The van der Waals surface area contributed by atoms with Crippen LogP contribution in [0.15, 0.2) is 40.3 Å². The molecule has 2 aliphatic heterocycles. The zero-order valence-electron chi connectivity index (χ0n) is 16.6. The lowest BCUT2D eigenvalue weighted by Gasteiger charge is -2.29. The summed E-state index contributed by atoms with van der Waals surface area (Å²) >= 11 is 6.50. The predicted octanol–water partition coefficient (Wildman–Crippen LogP) is 4.17. The Labute approximate surface area is 181 Å². The van der Waals surface area contributed by atoms with E-state index in [1.807, 2.05) is 24.0 Å². The summed E-state index contributed by atoms with van der Waals surface area (Å²) < 4.78 is 30.5. The smallest absolute Gasteiger partial charge is 0.169 e. The summed E-state index contributed by atoms with van der Waals surface area (Å²) in [6.07, 6.45) is 3.34. The number of hydrogen-bond donors (Lipinski definition) is 1. The number of aliphatic imine (C=N–C) groups is 2. The number of rotatable bonds is 6. The van der Waals surface area contributed by atoms with E-state index in [0.29, 0.717) is 23.4 Å². The highest BCUT2D eigenvalue weighted by atomic mass is 35.5. The first-order valence-corrected chi connectivity index (χ1v) is 12.0. The highest BCUT2D eigenvalue weighted by molar-refractivity contribution is 7.90. The topological polar surface area (TPSA) is 97.3 Å². The number of ether oxygens (including phenoxy) is 1. The fourth-order valence-electron chi connectivity index (χ4n) is 3.54. The van der Waals surface area contributed by atoms with Crippen molar-refractivity contribution in [2.45, 2.75) is 25.5 Å². The van der Waals surface area contributed by atoms with Crippen LogP contribution in [0.2, 0.25) is 5.02 Å². The molecule has 158 valence electrons. The molecule has 30 heavy (non-hydrogen) atoms. The van der Waals surface area contributed by atoms with E-state index in [4.69, 9.17) is 22.1 Å². The minimum Gasteiger partial charge on any atom is -0.454 e. The van der Waals surface area contributed by atoms with Crippen LogP contribution in [0.3, 0.4) is 0 Å². The van der Waals surface area contributed by atoms with Gasteiger partial charge in [-0.25, -0.2) is 13.4 Å². The Kier molecular flexibility index (Phi) is 5.71. The molecule has 7 nitrogen and oxygen atoms in total. The monoisotopic (exact) mass is 446 g/mol. The van der Waals surface area contributed by atoms with Gasteiger partial charge in [0, 0.05) is 18.7 Å². The van der Waals surface area contributed by atoms with Crippen LogP contribution in [0.5, 0.6) is 11.5 Å². The maximum absolute atomic E-state index is 12.2. The summed E-state index contributed by atoms with van der Waals surface area (Å²) in [7, 11) is -3.25. The van der Waals surface area contributed by atoms with E-state index in [1.165, 1.54) is 0 Å². The van der Waals surface area contributed by atoms with Gasteiger partial charge >= 0.3 is 0 Å². The third-order valence-corrected chi connectivity index (χ3v) is 7.15. The van der Waals surface area contributed by atoms with Crippen molar-refractivity contribution in [3.8, 4) is 11.5 Å². The van der Waals surface area contributed by atoms with E-state index in [2.05, 4.69) is 9.98 Å². The molecule has 2 aromatic rings. The van der Waals surface area contributed by atoms with E-state index >= 15 is 0 Å². The number of amidine groups is 1. The Bertz CT molecular complexity index is 1150. The normalized spacial score (nSPS) is 15.4. The first-order valence-electron chi connectivity index (χ1n) is 9.83. The second-order valence-electron chi connectivity index (χ2n) is 7.33. The average Bonchev–Trinajstić information content (AvgIpc) is 2.73. The molecule has 2 aliphatic rings. The van der Waals surface area contributed by atoms with E-state index in [9.17, 15) is 8.42 Å². The van der Waals surface area contributed by atoms with E-state index < -0.39 is 9.84 Å². The molecule has 0 spiro atoms. The van der Waals surface area contributed by atoms with Gasteiger partial charge in [0.2, 0.25) is 0 Å². The molecule has 0 aliphatic carbocycles. The van der Waals surface area contributed by atoms with Crippen LogP contribution in [-0.2, 0) is 15.6 Å². The fourth-order valence-corrected chi connectivity index (χ4v) is 5.38. The van der Waals surface area contributed by atoms with Gasteiger partial charge in [-0.05, 0) is 42.7 Å². The van der Waals surface area contributed by atoms with Crippen molar-refractivity contribution in [2.24, 2.45) is 9.98 Å². The molecule has 0 saturated heterocycles. The lowest BCUT2D eigenvalue weighted by Crippen LogP contribution is -2.36. The quantitative estimate of drug-likeness (QED) is 0.671. The Morgan fingerprint density at radius 2 is 2.10 bits per heavy atom. The van der Waals surface area contributed by atoms with Crippen molar-refractivity contribution in [3.63, 3.8) is 0 Å². The average molecular weight is 447 g/mol. The molecule has 2 aromatic carbocycles. The number of anilines is 1. The lowest BCUT2D eigenvalue weighted by atomic mass is 10.1.